The lowest BCUT2D eigenvalue weighted by atomic mass is 9.75. The summed E-state index contributed by atoms with van der Waals surface area (Å²) in [7, 11) is -1.13. The minimum atomic E-state index is -1.13. The van der Waals surface area contributed by atoms with Crippen LogP contribution in [0.15, 0.2) is 18.2 Å². The van der Waals surface area contributed by atoms with Gasteiger partial charge in [0.1, 0.15) is 0 Å². The largest absolute Gasteiger partial charge is 0.127 e. The number of benzene rings is 1. The van der Waals surface area contributed by atoms with E-state index >= 15 is 0 Å². The highest BCUT2D eigenvalue weighted by Gasteiger charge is 2.27. The average molecular weight is 281 g/mol. The van der Waals surface area contributed by atoms with E-state index in [2.05, 4.69) is 37.8 Å². The Balaban J connectivity index is 1.92. The number of hydrogen-bond donors (Lipinski definition) is 0. The Bertz CT molecular complexity index is 406. The minimum Gasteiger partial charge on any atom is -0.127 e. The number of fused-ring (bicyclic) bond motifs is 1. The molecule has 0 saturated heterocycles. The second kappa shape index (κ2) is 5.79. The number of halogens is 1. The highest BCUT2D eigenvalue weighted by molar-refractivity contribution is 6.88. The summed E-state index contributed by atoms with van der Waals surface area (Å²) in [6.45, 7) is 7.28. The second-order valence-corrected chi connectivity index (χ2v) is 12.1. The van der Waals surface area contributed by atoms with Gasteiger partial charge in [0.25, 0.3) is 0 Å². The Morgan fingerprint density at radius 1 is 1.17 bits per heavy atom. The molecule has 0 fully saturated rings. The maximum absolute atomic E-state index is 5.71. The van der Waals surface area contributed by atoms with Crippen LogP contribution < -0.4 is 5.19 Å². The van der Waals surface area contributed by atoms with E-state index in [-0.39, 0.29) is 0 Å². The van der Waals surface area contributed by atoms with Gasteiger partial charge in [0, 0.05) is 5.88 Å². The monoisotopic (exact) mass is 280 g/mol. The quantitative estimate of drug-likeness (QED) is 0.404. The van der Waals surface area contributed by atoms with E-state index in [1.54, 1.807) is 16.3 Å². The number of hydrogen-bond acceptors (Lipinski definition) is 0. The Morgan fingerprint density at radius 2 is 1.94 bits per heavy atom. The van der Waals surface area contributed by atoms with Crippen LogP contribution in [0.1, 0.15) is 42.7 Å². The van der Waals surface area contributed by atoms with Gasteiger partial charge in [-0.15, -0.1) is 11.6 Å². The fourth-order valence-corrected chi connectivity index (χ4v) is 4.19. The lowest BCUT2D eigenvalue weighted by molar-refractivity contribution is 0.520. The molecule has 0 N–H and O–H groups in total. The molecule has 0 spiro atoms. The van der Waals surface area contributed by atoms with E-state index in [0.29, 0.717) is 0 Å². The molecule has 0 saturated carbocycles. The average Bonchev–Trinajstić information content (AvgIpc) is 2.27. The van der Waals surface area contributed by atoms with Crippen molar-refractivity contribution in [2.24, 2.45) is 0 Å². The Hall–Kier alpha value is -0.273. The standard InChI is InChI=1S/C16H25ClSi/c1-18(2,3)15-8-9-16-13(11-14(16)12-15)7-5-4-6-10-17/h8-9,12-13H,4-7,10-11H2,1-3H3. The molecule has 1 aliphatic rings. The van der Waals surface area contributed by atoms with Crippen molar-refractivity contribution in [2.75, 3.05) is 5.88 Å². The summed E-state index contributed by atoms with van der Waals surface area (Å²) in [4.78, 5) is 0. The van der Waals surface area contributed by atoms with Crippen molar-refractivity contribution in [1.29, 1.82) is 0 Å². The van der Waals surface area contributed by atoms with Gasteiger partial charge in [0.2, 0.25) is 0 Å². The third kappa shape index (κ3) is 3.18. The molecule has 0 radical (unpaired) electrons. The van der Waals surface area contributed by atoms with Gasteiger partial charge in [0.05, 0.1) is 8.07 Å². The maximum Gasteiger partial charge on any atom is 0.0776 e. The molecule has 2 heteroatoms. The van der Waals surface area contributed by atoms with Crippen molar-refractivity contribution in [3.8, 4) is 0 Å². The molecular weight excluding hydrogens is 256 g/mol. The summed E-state index contributed by atoms with van der Waals surface area (Å²) < 4.78 is 0. The normalized spacial score (nSPS) is 18.3. The topological polar surface area (TPSA) is 0 Å². The zero-order valence-electron chi connectivity index (χ0n) is 11.9. The van der Waals surface area contributed by atoms with Gasteiger partial charge in [-0.25, -0.2) is 0 Å². The van der Waals surface area contributed by atoms with Crippen LogP contribution in [0.4, 0.5) is 0 Å². The van der Waals surface area contributed by atoms with Gasteiger partial charge in [-0.3, -0.25) is 0 Å². The molecule has 0 aliphatic heterocycles. The van der Waals surface area contributed by atoms with Gasteiger partial charge >= 0.3 is 0 Å². The summed E-state index contributed by atoms with van der Waals surface area (Å²) in [5.41, 5.74) is 3.25. The van der Waals surface area contributed by atoms with Crippen molar-refractivity contribution in [3.05, 3.63) is 29.3 Å². The molecule has 0 nitrogen and oxygen atoms in total. The first-order chi connectivity index (χ1) is 8.52. The van der Waals surface area contributed by atoms with Crippen LogP contribution in [0.5, 0.6) is 0 Å². The summed E-state index contributed by atoms with van der Waals surface area (Å²) in [6.07, 6.45) is 6.48. The van der Waals surface area contributed by atoms with Gasteiger partial charge in [-0.05, 0) is 36.3 Å². The molecule has 0 heterocycles. The molecule has 1 atom stereocenters. The molecule has 18 heavy (non-hydrogen) atoms. The molecule has 1 aliphatic carbocycles. The van der Waals surface area contributed by atoms with Crippen LogP contribution in [0, 0.1) is 0 Å². The van der Waals surface area contributed by atoms with E-state index in [9.17, 15) is 0 Å². The van der Waals surface area contributed by atoms with E-state index in [1.165, 1.54) is 32.1 Å². The van der Waals surface area contributed by atoms with Crippen LogP contribution in [0.3, 0.4) is 0 Å². The lowest BCUT2D eigenvalue weighted by Gasteiger charge is -2.32. The number of alkyl halides is 1. The van der Waals surface area contributed by atoms with Crippen molar-refractivity contribution in [1.82, 2.24) is 0 Å². The fourth-order valence-electron chi connectivity index (χ4n) is 2.81. The first-order valence-electron chi connectivity index (χ1n) is 7.21. The molecule has 1 unspecified atom stereocenters. The molecule has 0 amide bonds. The van der Waals surface area contributed by atoms with Crippen LogP contribution in [0.25, 0.3) is 0 Å². The van der Waals surface area contributed by atoms with Crippen molar-refractivity contribution < 1.29 is 0 Å². The zero-order chi connectivity index (χ0) is 13.2. The summed E-state index contributed by atoms with van der Waals surface area (Å²) >= 11 is 5.71. The molecule has 0 aromatic heterocycles. The first kappa shape index (κ1) is 14.1. The Morgan fingerprint density at radius 3 is 2.56 bits per heavy atom. The lowest BCUT2D eigenvalue weighted by Crippen LogP contribution is -2.38. The van der Waals surface area contributed by atoms with Gasteiger partial charge in [-0.1, -0.05) is 55.9 Å². The minimum absolute atomic E-state index is 0.820. The van der Waals surface area contributed by atoms with Crippen molar-refractivity contribution in [3.63, 3.8) is 0 Å². The predicted octanol–water partition coefficient (Wildman–Crippen LogP) is 4.67. The van der Waals surface area contributed by atoms with Gasteiger partial charge in [0.15, 0.2) is 0 Å². The highest BCUT2D eigenvalue weighted by atomic mass is 35.5. The third-order valence-corrected chi connectivity index (χ3v) is 6.41. The number of rotatable bonds is 6. The van der Waals surface area contributed by atoms with Gasteiger partial charge < -0.3 is 0 Å². The molecule has 2 rings (SSSR count). The SMILES string of the molecule is C[Si](C)(C)c1ccc2c(c1)CC2CCCCCCl. The smallest absolute Gasteiger partial charge is 0.0776 e. The van der Waals surface area contributed by atoms with E-state index in [1.807, 2.05) is 0 Å². The Labute approximate surface area is 118 Å². The van der Waals surface area contributed by atoms with Crippen LogP contribution in [0.2, 0.25) is 19.6 Å². The molecule has 1 aromatic carbocycles. The highest BCUT2D eigenvalue weighted by Crippen LogP contribution is 2.38. The predicted molar refractivity (Wildman–Crippen MR) is 85.1 cm³/mol. The second-order valence-electron chi connectivity index (χ2n) is 6.60. The van der Waals surface area contributed by atoms with Crippen LogP contribution in [-0.2, 0) is 6.42 Å². The fraction of sp³-hybridized carbons (Fsp3) is 0.625. The van der Waals surface area contributed by atoms with E-state index in [0.717, 1.165) is 11.8 Å². The number of unbranched alkanes of at least 4 members (excludes halogenated alkanes) is 2. The Kier molecular flexibility index (Phi) is 4.55. The van der Waals surface area contributed by atoms with Crippen molar-refractivity contribution >= 4 is 24.9 Å². The maximum atomic E-state index is 5.71. The van der Waals surface area contributed by atoms with E-state index < -0.39 is 8.07 Å². The molecule has 1 aromatic rings. The van der Waals surface area contributed by atoms with Crippen LogP contribution >= 0.6 is 11.6 Å². The summed E-state index contributed by atoms with van der Waals surface area (Å²) in [5.74, 6) is 1.66. The van der Waals surface area contributed by atoms with Gasteiger partial charge in [-0.2, -0.15) is 0 Å². The molecular formula is C16H25ClSi. The molecule has 0 bridgehead atoms. The third-order valence-electron chi connectivity index (χ3n) is 4.10. The first-order valence-corrected chi connectivity index (χ1v) is 11.2. The van der Waals surface area contributed by atoms with Crippen molar-refractivity contribution in [2.45, 2.75) is 57.7 Å². The summed E-state index contributed by atoms with van der Waals surface area (Å²) in [6, 6.07) is 7.27. The molecule has 100 valence electrons. The van der Waals surface area contributed by atoms with E-state index in [4.69, 9.17) is 11.6 Å². The zero-order valence-corrected chi connectivity index (χ0v) is 13.7. The summed E-state index contributed by atoms with van der Waals surface area (Å²) in [5, 5.41) is 1.61. The van der Waals surface area contributed by atoms with Crippen LogP contribution in [-0.4, -0.2) is 14.0 Å².